The van der Waals surface area contributed by atoms with E-state index in [-0.39, 0.29) is 17.6 Å². The maximum atomic E-state index is 13.7. The maximum Gasteiger partial charge on any atom is 0.336 e. The molecule has 0 radical (unpaired) electrons. The molecule has 0 saturated carbocycles. The van der Waals surface area contributed by atoms with Crippen LogP contribution in [0.2, 0.25) is 0 Å². The van der Waals surface area contributed by atoms with Gasteiger partial charge in [0.05, 0.1) is 32.3 Å². The third-order valence-corrected chi connectivity index (χ3v) is 6.62. The summed E-state index contributed by atoms with van der Waals surface area (Å²) in [5.41, 5.74) is 4.49. The van der Waals surface area contributed by atoms with Gasteiger partial charge in [-0.3, -0.25) is 4.79 Å². The van der Waals surface area contributed by atoms with Crippen LogP contribution in [0.5, 0.6) is 11.5 Å². The van der Waals surface area contributed by atoms with Gasteiger partial charge in [-0.05, 0) is 36.8 Å². The Hall–Kier alpha value is -3.54. The van der Waals surface area contributed by atoms with Crippen LogP contribution in [0.15, 0.2) is 71.1 Å². The zero-order chi connectivity index (χ0) is 25.1. The lowest BCUT2D eigenvalue weighted by Crippen LogP contribution is -2.36. The molecule has 0 amide bonds. The Morgan fingerprint density at radius 1 is 1.06 bits per heavy atom. The molecule has 0 spiro atoms. The number of methoxy groups -OCH3 is 2. The lowest BCUT2D eigenvalue weighted by Gasteiger charge is -2.37. The van der Waals surface area contributed by atoms with E-state index in [1.165, 1.54) is 0 Å². The number of hydrogen-bond acceptors (Lipinski definition) is 6. The van der Waals surface area contributed by atoms with Gasteiger partial charge in [0.2, 0.25) is 0 Å². The van der Waals surface area contributed by atoms with Crippen molar-refractivity contribution >= 4 is 11.8 Å². The van der Waals surface area contributed by atoms with Gasteiger partial charge in [-0.25, -0.2) is 4.79 Å². The van der Waals surface area contributed by atoms with Crippen LogP contribution >= 0.6 is 0 Å². The molecule has 1 N–H and O–H groups in total. The molecule has 0 fully saturated rings. The van der Waals surface area contributed by atoms with E-state index in [4.69, 9.17) is 14.2 Å². The monoisotopic (exact) mass is 475 g/mol. The summed E-state index contributed by atoms with van der Waals surface area (Å²) in [6.07, 6.45) is 1.07. The molecule has 2 aromatic carbocycles. The number of rotatable bonds is 7. The molecule has 0 unspecified atom stereocenters. The minimum atomic E-state index is -0.587. The van der Waals surface area contributed by atoms with Gasteiger partial charge in [-0.15, -0.1) is 0 Å². The summed E-state index contributed by atoms with van der Waals surface area (Å²) in [5, 5.41) is 3.40. The van der Waals surface area contributed by atoms with Gasteiger partial charge in [0, 0.05) is 35.0 Å². The number of ether oxygens (including phenoxy) is 3. The molecular weight excluding hydrogens is 442 g/mol. The summed E-state index contributed by atoms with van der Waals surface area (Å²) < 4.78 is 16.7. The molecule has 35 heavy (non-hydrogen) atoms. The highest BCUT2D eigenvalue weighted by molar-refractivity contribution is 6.04. The summed E-state index contributed by atoms with van der Waals surface area (Å²) >= 11 is 0. The zero-order valence-electron chi connectivity index (χ0n) is 21.0. The van der Waals surface area contributed by atoms with Gasteiger partial charge in [0.1, 0.15) is 11.5 Å². The van der Waals surface area contributed by atoms with Crippen LogP contribution in [-0.2, 0) is 14.3 Å². The summed E-state index contributed by atoms with van der Waals surface area (Å²) in [6.45, 7) is 6.16. The van der Waals surface area contributed by atoms with Crippen molar-refractivity contribution in [2.75, 3.05) is 20.8 Å². The first-order valence-corrected chi connectivity index (χ1v) is 12.0. The Morgan fingerprint density at radius 2 is 1.80 bits per heavy atom. The largest absolute Gasteiger partial charge is 0.497 e. The predicted octanol–water partition coefficient (Wildman–Crippen LogP) is 5.26. The van der Waals surface area contributed by atoms with E-state index in [2.05, 4.69) is 17.4 Å². The number of hydrogen-bond donors (Lipinski definition) is 1. The summed E-state index contributed by atoms with van der Waals surface area (Å²) in [6, 6.07) is 15.6. The zero-order valence-corrected chi connectivity index (χ0v) is 21.0. The third-order valence-electron chi connectivity index (χ3n) is 6.62. The molecule has 0 saturated heterocycles. The van der Waals surface area contributed by atoms with E-state index in [9.17, 15) is 9.59 Å². The second-order valence-electron chi connectivity index (χ2n) is 9.53. The second-order valence-corrected chi connectivity index (χ2v) is 9.53. The van der Waals surface area contributed by atoms with Crippen molar-refractivity contribution in [3.63, 3.8) is 0 Å². The Morgan fingerprint density at radius 3 is 2.46 bits per heavy atom. The molecule has 1 aliphatic carbocycles. The molecule has 1 aliphatic heterocycles. The topological polar surface area (TPSA) is 73.9 Å². The van der Waals surface area contributed by atoms with Crippen molar-refractivity contribution in [3.8, 4) is 11.5 Å². The first-order valence-electron chi connectivity index (χ1n) is 12.0. The molecule has 6 nitrogen and oxygen atoms in total. The van der Waals surface area contributed by atoms with Crippen molar-refractivity contribution in [1.29, 1.82) is 0 Å². The molecule has 184 valence electrons. The third kappa shape index (κ3) is 4.97. The highest BCUT2D eigenvalue weighted by Crippen LogP contribution is 2.48. The highest BCUT2D eigenvalue weighted by atomic mass is 16.5. The SMILES string of the molecule is COc1ccc([C@@H]2C(C(=O)OCC(C)C)=C(C)NC3=C2C(=O)C[C@@H](c2ccccc2)C3)c(OC)c1. The van der Waals surface area contributed by atoms with Crippen molar-refractivity contribution in [3.05, 3.63) is 82.2 Å². The van der Waals surface area contributed by atoms with Gasteiger partial charge >= 0.3 is 5.97 Å². The second kappa shape index (κ2) is 10.4. The van der Waals surface area contributed by atoms with Crippen molar-refractivity contribution in [2.24, 2.45) is 5.92 Å². The van der Waals surface area contributed by atoms with Crippen LogP contribution in [0.25, 0.3) is 0 Å². The van der Waals surface area contributed by atoms with Crippen LogP contribution in [0.3, 0.4) is 0 Å². The number of dihydropyridines is 1. The van der Waals surface area contributed by atoms with Gasteiger partial charge in [-0.1, -0.05) is 50.2 Å². The molecule has 6 heteroatoms. The average molecular weight is 476 g/mol. The van der Waals surface area contributed by atoms with Gasteiger partial charge in [0.15, 0.2) is 5.78 Å². The van der Waals surface area contributed by atoms with Crippen molar-refractivity contribution in [2.45, 2.75) is 45.4 Å². The van der Waals surface area contributed by atoms with E-state index < -0.39 is 11.9 Å². The summed E-state index contributed by atoms with van der Waals surface area (Å²) in [5.74, 6) is 0.489. The Bertz CT molecular complexity index is 1180. The van der Waals surface area contributed by atoms with E-state index in [1.807, 2.05) is 51.1 Å². The number of Topliss-reactive ketones (excluding diaryl/α,β-unsaturated/α-hetero) is 1. The summed E-state index contributed by atoms with van der Waals surface area (Å²) in [7, 11) is 3.17. The lowest BCUT2D eigenvalue weighted by molar-refractivity contribution is -0.140. The number of carbonyl (C=O) groups is 2. The molecule has 0 bridgehead atoms. The molecule has 4 rings (SSSR count). The lowest BCUT2D eigenvalue weighted by atomic mass is 9.71. The number of allylic oxidation sites excluding steroid dienone is 3. The minimum absolute atomic E-state index is 0.0251. The predicted molar refractivity (Wildman–Crippen MR) is 134 cm³/mol. The fourth-order valence-corrected chi connectivity index (χ4v) is 4.96. The quantitative estimate of drug-likeness (QED) is 0.551. The number of ketones is 1. The van der Waals surface area contributed by atoms with Crippen LogP contribution in [0, 0.1) is 5.92 Å². The van der Waals surface area contributed by atoms with Gasteiger partial charge < -0.3 is 19.5 Å². The van der Waals surface area contributed by atoms with E-state index in [0.717, 1.165) is 16.8 Å². The number of benzene rings is 2. The Kier molecular flexibility index (Phi) is 7.29. The van der Waals surface area contributed by atoms with E-state index in [1.54, 1.807) is 20.3 Å². The van der Waals surface area contributed by atoms with E-state index in [0.29, 0.717) is 47.8 Å². The number of esters is 1. The van der Waals surface area contributed by atoms with Crippen LogP contribution < -0.4 is 14.8 Å². The molecule has 2 atom stereocenters. The first kappa shape index (κ1) is 24.6. The normalized spacial score (nSPS) is 19.9. The highest BCUT2D eigenvalue weighted by Gasteiger charge is 2.42. The fourth-order valence-electron chi connectivity index (χ4n) is 4.96. The minimum Gasteiger partial charge on any atom is -0.497 e. The van der Waals surface area contributed by atoms with Crippen molar-refractivity contribution in [1.82, 2.24) is 5.32 Å². The average Bonchev–Trinajstić information content (AvgIpc) is 2.86. The van der Waals surface area contributed by atoms with Crippen LogP contribution in [-0.4, -0.2) is 32.6 Å². The van der Waals surface area contributed by atoms with Gasteiger partial charge in [0.25, 0.3) is 0 Å². The molecular formula is C29H33NO5. The Labute approximate surface area is 207 Å². The Balaban J connectivity index is 1.82. The number of nitrogens with one attached hydrogen (secondary N) is 1. The molecule has 2 aromatic rings. The maximum absolute atomic E-state index is 13.7. The fraction of sp³-hybridized carbons (Fsp3) is 0.379. The van der Waals surface area contributed by atoms with Crippen LogP contribution in [0.1, 0.15) is 56.6 Å². The van der Waals surface area contributed by atoms with Crippen molar-refractivity contribution < 1.29 is 23.8 Å². The van der Waals surface area contributed by atoms with E-state index >= 15 is 0 Å². The van der Waals surface area contributed by atoms with Crippen LogP contribution in [0.4, 0.5) is 0 Å². The first-order chi connectivity index (χ1) is 16.8. The number of carbonyl (C=O) groups excluding carboxylic acids is 2. The summed E-state index contributed by atoms with van der Waals surface area (Å²) in [4.78, 5) is 27.1. The smallest absolute Gasteiger partial charge is 0.336 e. The van der Waals surface area contributed by atoms with Gasteiger partial charge in [-0.2, -0.15) is 0 Å². The standard InChI is InChI=1S/C29H33NO5/c1-17(2)16-35-29(32)26-18(3)30-23-13-20(19-9-7-6-8-10-19)14-24(31)28(23)27(26)22-12-11-21(33-4)15-25(22)34-5/h6-12,15,17,20,27,30H,13-14,16H2,1-5H3/t20-,27+/m0/s1. The molecule has 2 aliphatic rings. The molecule has 1 heterocycles. The molecule has 0 aromatic heterocycles.